The first-order chi connectivity index (χ1) is 13.2. The number of amides is 1. The van der Waals surface area contributed by atoms with Gasteiger partial charge in [0.15, 0.2) is 5.96 Å². The summed E-state index contributed by atoms with van der Waals surface area (Å²) in [5, 5.41) is 6.14. The Morgan fingerprint density at radius 1 is 1.21 bits per heavy atom. The number of likely N-dealkylation sites (tertiary alicyclic amines) is 1. The number of guanidine groups is 1. The quantitative estimate of drug-likeness (QED) is 0.246. The number of hydrogen-bond donors (Lipinski definition) is 2. The lowest BCUT2D eigenvalue weighted by Gasteiger charge is -2.34. The average molecular weight is 504 g/mol. The van der Waals surface area contributed by atoms with Crippen LogP contribution in [0.25, 0.3) is 0 Å². The Morgan fingerprint density at radius 3 is 2.46 bits per heavy atom. The smallest absolute Gasteiger partial charge is 0.220 e. The van der Waals surface area contributed by atoms with Crippen molar-refractivity contribution in [2.24, 2.45) is 10.9 Å². The van der Waals surface area contributed by atoms with Crippen LogP contribution in [0, 0.1) is 5.92 Å². The predicted molar refractivity (Wildman–Crippen MR) is 122 cm³/mol. The van der Waals surface area contributed by atoms with E-state index >= 15 is 0 Å². The first-order valence-corrected chi connectivity index (χ1v) is 9.53. The topological polar surface area (TPSA) is 75.2 Å². The van der Waals surface area contributed by atoms with Gasteiger partial charge in [-0.3, -0.25) is 9.79 Å². The second-order valence-electron chi connectivity index (χ2n) is 6.69. The average Bonchev–Trinajstić information content (AvgIpc) is 2.70. The molecule has 0 unspecified atom stereocenters. The van der Waals surface area contributed by atoms with Crippen molar-refractivity contribution in [2.75, 3.05) is 47.5 Å². The Bertz CT molecular complexity index is 602. The molecule has 1 amide bonds. The first kappa shape index (κ1) is 24.5. The number of piperidine rings is 1. The van der Waals surface area contributed by atoms with Crippen LogP contribution in [-0.4, -0.2) is 64.3 Å². The van der Waals surface area contributed by atoms with E-state index in [9.17, 15) is 4.79 Å². The second kappa shape index (κ2) is 13.6. The highest BCUT2D eigenvalue weighted by Crippen LogP contribution is 2.20. The molecule has 8 heteroatoms. The highest BCUT2D eigenvalue weighted by atomic mass is 127. The molecule has 1 fully saturated rings. The molecule has 1 aliphatic heterocycles. The molecule has 0 atom stereocenters. The van der Waals surface area contributed by atoms with Crippen LogP contribution in [0.5, 0.6) is 5.75 Å². The van der Waals surface area contributed by atoms with E-state index in [1.54, 1.807) is 14.2 Å². The van der Waals surface area contributed by atoms with Gasteiger partial charge in [-0.05, 0) is 36.5 Å². The van der Waals surface area contributed by atoms with E-state index < -0.39 is 0 Å². The minimum Gasteiger partial charge on any atom is -0.491 e. The van der Waals surface area contributed by atoms with Gasteiger partial charge in [-0.2, -0.15) is 0 Å². The zero-order valence-corrected chi connectivity index (χ0v) is 19.4. The zero-order chi connectivity index (χ0) is 19.5. The van der Waals surface area contributed by atoms with Crippen molar-refractivity contribution in [3.8, 4) is 5.75 Å². The number of rotatable bonds is 8. The van der Waals surface area contributed by atoms with Gasteiger partial charge in [0.1, 0.15) is 12.4 Å². The van der Waals surface area contributed by atoms with Crippen molar-refractivity contribution >= 4 is 35.8 Å². The normalized spacial score (nSPS) is 15.0. The van der Waals surface area contributed by atoms with Crippen LogP contribution < -0.4 is 15.4 Å². The Labute approximate surface area is 185 Å². The number of nitrogens with zero attached hydrogens (tertiary/aromatic N) is 2. The maximum Gasteiger partial charge on any atom is 0.220 e. The zero-order valence-electron chi connectivity index (χ0n) is 17.1. The van der Waals surface area contributed by atoms with Gasteiger partial charge in [0.05, 0.1) is 6.61 Å². The maximum atomic E-state index is 11.5. The number of aliphatic imine (C=N–C) groups is 1. The molecule has 28 heavy (non-hydrogen) atoms. The van der Waals surface area contributed by atoms with Gasteiger partial charge < -0.3 is 25.0 Å². The fourth-order valence-electron chi connectivity index (χ4n) is 3.17. The summed E-state index contributed by atoms with van der Waals surface area (Å²) in [6.07, 6.45) is 2.65. The van der Waals surface area contributed by atoms with E-state index in [4.69, 9.17) is 9.47 Å². The van der Waals surface area contributed by atoms with Gasteiger partial charge >= 0.3 is 0 Å². The number of nitrogens with one attached hydrogen (secondary N) is 2. The summed E-state index contributed by atoms with van der Waals surface area (Å²) in [6, 6.07) is 8.05. The lowest BCUT2D eigenvalue weighted by Crippen LogP contribution is -2.45. The number of carbonyl (C=O) groups is 1. The fraction of sp³-hybridized carbons (Fsp3) is 0.600. The fourth-order valence-corrected chi connectivity index (χ4v) is 3.17. The molecule has 0 bridgehead atoms. The van der Waals surface area contributed by atoms with E-state index in [-0.39, 0.29) is 29.9 Å². The van der Waals surface area contributed by atoms with Crippen LogP contribution in [-0.2, 0) is 16.1 Å². The van der Waals surface area contributed by atoms with Gasteiger partial charge in [-0.25, -0.2) is 0 Å². The van der Waals surface area contributed by atoms with Crippen LogP contribution in [0.4, 0.5) is 0 Å². The molecule has 1 heterocycles. The molecule has 0 spiro atoms. The summed E-state index contributed by atoms with van der Waals surface area (Å²) in [7, 11) is 5.17. The van der Waals surface area contributed by atoms with Crippen molar-refractivity contribution in [1.29, 1.82) is 0 Å². The minimum atomic E-state index is 0. The van der Waals surface area contributed by atoms with Crippen LogP contribution in [0.2, 0.25) is 0 Å². The van der Waals surface area contributed by atoms with E-state index in [0.29, 0.717) is 32.1 Å². The Balaban J connectivity index is 0.00000392. The number of ether oxygens (including phenoxy) is 2. The highest BCUT2D eigenvalue weighted by molar-refractivity contribution is 14.0. The summed E-state index contributed by atoms with van der Waals surface area (Å²) in [6.45, 7) is 3.69. The summed E-state index contributed by atoms with van der Waals surface area (Å²) < 4.78 is 10.6. The molecule has 7 nitrogen and oxygen atoms in total. The van der Waals surface area contributed by atoms with Crippen molar-refractivity contribution in [3.05, 3.63) is 29.8 Å². The van der Waals surface area contributed by atoms with E-state index in [2.05, 4.69) is 32.7 Å². The van der Waals surface area contributed by atoms with E-state index in [1.807, 2.05) is 19.2 Å². The number of methoxy groups -OCH3 is 1. The van der Waals surface area contributed by atoms with Crippen molar-refractivity contribution < 1.29 is 14.3 Å². The molecule has 0 radical (unpaired) electrons. The summed E-state index contributed by atoms with van der Waals surface area (Å²) in [5.41, 5.74) is 1.17. The third-order valence-electron chi connectivity index (χ3n) is 4.81. The summed E-state index contributed by atoms with van der Waals surface area (Å²) >= 11 is 0. The number of benzene rings is 1. The molecular formula is C20H33IN4O3. The molecule has 1 saturated heterocycles. The standard InChI is InChI=1S/C20H32N4O3.HI/c1-21-19(25)14-16-8-10-24(11-9-16)20(22-2)23-15-17-4-6-18(7-5-17)27-13-12-26-3;/h4-7,16H,8-15H2,1-3H3,(H,21,25)(H,22,23);1H. The molecule has 0 aliphatic carbocycles. The van der Waals surface area contributed by atoms with Crippen LogP contribution in [0.1, 0.15) is 24.8 Å². The lowest BCUT2D eigenvalue weighted by molar-refractivity contribution is -0.121. The molecule has 0 aromatic heterocycles. The van der Waals surface area contributed by atoms with Crippen molar-refractivity contribution in [3.63, 3.8) is 0 Å². The number of carbonyl (C=O) groups excluding carboxylic acids is 1. The van der Waals surface area contributed by atoms with E-state index in [1.165, 1.54) is 5.56 Å². The number of hydrogen-bond acceptors (Lipinski definition) is 4. The maximum absolute atomic E-state index is 11.5. The van der Waals surface area contributed by atoms with Crippen molar-refractivity contribution in [2.45, 2.75) is 25.8 Å². The Hall–Kier alpha value is -1.55. The molecule has 1 aromatic carbocycles. The third-order valence-corrected chi connectivity index (χ3v) is 4.81. The van der Waals surface area contributed by atoms with Crippen LogP contribution >= 0.6 is 24.0 Å². The number of halogens is 1. The van der Waals surface area contributed by atoms with Gasteiger partial charge in [-0.15, -0.1) is 24.0 Å². The molecular weight excluding hydrogens is 471 g/mol. The molecule has 1 aliphatic rings. The molecule has 158 valence electrons. The SMILES string of the molecule is CN=C(NCc1ccc(OCCOC)cc1)N1CCC(CC(=O)NC)CC1.I. The van der Waals surface area contributed by atoms with Gasteiger partial charge in [0.25, 0.3) is 0 Å². The minimum absolute atomic E-state index is 0. The lowest BCUT2D eigenvalue weighted by atomic mass is 9.93. The van der Waals surface area contributed by atoms with Crippen LogP contribution in [0.15, 0.2) is 29.3 Å². The monoisotopic (exact) mass is 504 g/mol. The largest absolute Gasteiger partial charge is 0.491 e. The molecule has 2 N–H and O–H groups in total. The Morgan fingerprint density at radius 2 is 1.89 bits per heavy atom. The predicted octanol–water partition coefficient (Wildman–Crippen LogP) is 2.25. The first-order valence-electron chi connectivity index (χ1n) is 9.53. The van der Waals surface area contributed by atoms with Gasteiger partial charge in [0.2, 0.25) is 5.91 Å². The molecule has 0 saturated carbocycles. The third kappa shape index (κ3) is 8.22. The summed E-state index contributed by atoms with van der Waals surface area (Å²) in [5.74, 6) is 2.35. The molecule has 2 rings (SSSR count). The summed E-state index contributed by atoms with van der Waals surface area (Å²) in [4.78, 5) is 18.2. The van der Waals surface area contributed by atoms with Crippen LogP contribution in [0.3, 0.4) is 0 Å². The molecule has 1 aromatic rings. The highest BCUT2D eigenvalue weighted by Gasteiger charge is 2.22. The van der Waals surface area contributed by atoms with Gasteiger partial charge in [-0.1, -0.05) is 12.1 Å². The second-order valence-corrected chi connectivity index (χ2v) is 6.69. The van der Waals surface area contributed by atoms with Gasteiger partial charge in [0, 0.05) is 47.3 Å². The van der Waals surface area contributed by atoms with E-state index in [0.717, 1.165) is 37.6 Å². The van der Waals surface area contributed by atoms with Crippen molar-refractivity contribution in [1.82, 2.24) is 15.5 Å². The Kier molecular flexibility index (Phi) is 11.9.